The number of amides is 1. The number of sulfonamides is 1. The summed E-state index contributed by atoms with van der Waals surface area (Å²) in [4.78, 5) is 14.1. The molecule has 0 aromatic carbocycles. The molecule has 0 saturated carbocycles. The van der Waals surface area contributed by atoms with Gasteiger partial charge in [0.05, 0.1) is 5.75 Å². The Balaban J connectivity index is 2.60. The molecular formula is C15H30N2O3S. The Bertz CT molecular complexity index is 440. The van der Waals surface area contributed by atoms with Crippen LogP contribution in [-0.2, 0) is 14.8 Å². The quantitative estimate of drug-likeness (QED) is 0.780. The van der Waals surface area contributed by atoms with Gasteiger partial charge >= 0.3 is 0 Å². The lowest BCUT2D eigenvalue weighted by Crippen LogP contribution is -2.39. The van der Waals surface area contributed by atoms with Crippen LogP contribution in [0.2, 0.25) is 0 Å². The molecule has 21 heavy (non-hydrogen) atoms. The predicted molar refractivity (Wildman–Crippen MR) is 85.5 cm³/mol. The molecule has 1 amide bonds. The Kier molecular flexibility index (Phi) is 6.66. The van der Waals surface area contributed by atoms with Gasteiger partial charge in [-0.15, -0.1) is 0 Å². The number of carbonyl (C=O) groups excluding carboxylic acids is 1. The summed E-state index contributed by atoms with van der Waals surface area (Å²) < 4.78 is 26.0. The average molecular weight is 318 g/mol. The Labute approximate surface area is 129 Å². The molecule has 0 unspecified atom stereocenters. The van der Waals surface area contributed by atoms with Crippen LogP contribution in [0.25, 0.3) is 0 Å². The van der Waals surface area contributed by atoms with Crippen LogP contribution in [-0.4, -0.2) is 55.5 Å². The molecule has 1 saturated heterocycles. The van der Waals surface area contributed by atoms with E-state index < -0.39 is 10.0 Å². The minimum absolute atomic E-state index is 0.0315. The molecule has 5 nitrogen and oxygen atoms in total. The Hall–Kier alpha value is -0.620. The van der Waals surface area contributed by atoms with Crippen molar-refractivity contribution in [2.24, 2.45) is 5.41 Å². The van der Waals surface area contributed by atoms with Crippen LogP contribution in [0.3, 0.4) is 0 Å². The largest absolute Gasteiger partial charge is 0.341 e. The second-order valence-corrected chi connectivity index (χ2v) is 9.13. The van der Waals surface area contributed by atoms with E-state index >= 15 is 0 Å². The van der Waals surface area contributed by atoms with Gasteiger partial charge in [0.1, 0.15) is 0 Å². The zero-order valence-electron chi connectivity index (χ0n) is 13.9. The summed E-state index contributed by atoms with van der Waals surface area (Å²) in [5.74, 6) is 0.356. The van der Waals surface area contributed by atoms with E-state index in [9.17, 15) is 13.2 Å². The van der Waals surface area contributed by atoms with Crippen LogP contribution in [0.5, 0.6) is 0 Å². The number of hydrogen-bond donors (Lipinski definition) is 0. The molecule has 6 heteroatoms. The van der Waals surface area contributed by atoms with Crippen molar-refractivity contribution in [3.8, 4) is 0 Å². The molecule has 124 valence electrons. The lowest BCUT2D eigenvalue weighted by Gasteiger charge is -2.25. The highest BCUT2D eigenvalue weighted by atomic mass is 32.2. The van der Waals surface area contributed by atoms with Gasteiger partial charge in [-0.3, -0.25) is 4.79 Å². The Morgan fingerprint density at radius 1 is 1.10 bits per heavy atom. The van der Waals surface area contributed by atoms with E-state index in [2.05, 4.69) is 0 Å². The third-order valence-electron chi connectivity index (χ3n) is 3.64. The Morgan fingerprint density at radius 2 is 1.76 bits per heavy atom. The monoisotopic (exact) mass is 318 g/mol. The normalized spacial score (nSPS) is 18.6. The maximum atomic E-state index is 12.3. The summed E-state index contributed by atoms with van der Waals surface area (Å²) in [6.07, 6.45) is 2.81. The first-order valence-corrected chi connectivity index (χ1v) is 9.52. The van der Waals surface area contributed by atoms with Gasteiger partial charge < -0.3 is 4.90 Å². The van der Waals surface area contributed by atoms with Crippen LogP contribution in [0.15, 0.2) is 0 Å². The van der Waals surface area contributed by atoms with Crippen LogP contribution < -0.4 is 0 Å². The zero-order valence-corrected chi connectivity index (χ0v) is 14.7. The molecular weight excluding hydrogens is 288 g/mol. The second kappa shape index (κ2) is 7.58. The van der Waals surface area contributed by atoms with Crippen molar-refractivity contribution in [3.63, 3.8) is 0 Å². The maximum Gasteiger partial charge on any atom is 0.223 e. The molecule has 0 bridgehead atoms. The lowest BCUT2D eigenvalue weighted by atomic mass is 9.91. The van der Waals surface area contributed by atoms with E-state index in [0.29, 0.717) is 39.0 Å². The summed E-state index contributed by atoms with van der Waals surface area (Å²) >= 11 is 0. The summed E-state index contributed by atoms with van der Waals surface area (Å²) in [5, 5.41) is 0. The minimum Gasteiger partial charge on any atom is -0.341 e. The summed E-state index contributed by atoms with van der Waals surface area (Å²) in [6.45, 7) is 10.3. The first kappa shape index (κ1) is 18.4. The van der Waals surface area contributed by atoms with E-state index in [1.807, 2.05) is 32.6 Å². The summed E-state index contributed by atoms with van der Waals surface area (Å²) in [7, 11) is -3.16. The van der Waals surface area contributed by atoms with E-state index in [1.165, 1.54) is 0 Å². The minimum atomic E-state index is -3.16. The Morgan fingerprint density at radius 3 is 2.33 bits per heavy atom. The number of carbonyl (C=O) groups is 1. The second-order valence-electron chi connectivity index (χ2n) is 7.04. The van der Waals surface area contributed by atoms with Crippen molar-refractivity contribution in [2.75, 3.05) is 31.9 Å². The third kappa shape index (κ3) is 6.34. The van der Waals surface area contributed by atoms with Crippen molar-refractivity contribution < 1.29 is 13.2 Å². The van der Waals surface area contributed by atoms with Gasteiger partial charge in [0, 0.05) is 32.6 Å². The van der Waals surface area contributed by atoms with E-state index in [1.54, 1.807) is 4.31 Å². The third-order valence-corrected chi connectivity index (χ3v) is 5.59. The molecule has 1 heterocycles. The molecule has 0 radical (unpaired) electrons. The number of rotatable bonds is 5. The molecule has 0 aromatic rings. The number of unbranched alkanes of at least 4 members (excludes halogenated alkanes) is 1. The van der Waals surface area contributed by atoms with Crippen molar-refractivity contribution in [3.05, 3.63) is 0 Å². The maximum absolute atomic E-state index is 12.3. The van der Waals surface area contributed by atoms with Gasteiger partial charge in [0.25, 0.3) is 0 Å². The average Bonchev–Trinajstić information content (AvgIpc) is 2.60. The van der Waals surface area contributed by atoms with Crippen molar-refractivity contribution in [1.29, 1.82) is 0 Å². The topological polar surface area (TPSA) is 57.7 Å². The molecule has 0 aromatic heterocycles. The van der Waals surface area contributed by atoms with Gasteiger partial charge in [-0.2, -0.15) is 0 Å². The fraction of sp³-hybridized carbons (Fsp3) is 0.933. The van der Waals surface area contributed by atoms with Crippen LogP contribution in [0.1, 0.15) is 53.4 Å². The van der Waals surface area contributed by atoms with E-state index in [4.69, 9.17) is 0 Å². The highest BCUT2D eigenvalue weighted by Gasteiger charge is 2.27. The molecule has 0 N–H and O–H groups in total. The van der Waals surface area contributed by atoms with E-state index in [-0.39, 0.29) is 17.1 Å². The predicted octanol–water partition coefficient (Wildman–Crippen LogP) is 2.09. The molecule has 1 rings (SSSR count). The zero-order chi connectivity index (χ0) is 16.1. The number of nitrogens with zero attached hydrogens (tertiary/aromatic N) is 2. The summed E-state index contributed by atoms with van der Waals surface area (Å²) in [6, 6.07) is 0. The fourth-order valence-corrected chi connectivity index (χ4v) is 4.12. The van der Waals surface area contributed by atoms with Crippen LogP contribution >= 0.6 is 0 Å². The first-order valence-electron chi connectivity index (χ1n) is 7.91. The van der Waals surface area contributed by atoms with E-state index in [0.717, 1.165) is 12.8 Å². The highest BCUT2D eigenvalue weighted by Crippen LogP contribution is 2.20. The summed E-state index contributed by atoms with van der Waals surface area (Å²) in [5.41, 5.74) is -0.0315. The highest BCUT2D eigenvalue weighted by molar-refractivity contribution is 7.89. The van der Waals surface area contributed by atoms with Gasteiger partial charge in [-0.1, -0.05) is 34.1 Å². The van der Waals surface area contributed by atoms with Gasteiger partial charge in [0.15, 0.2) is 0 Å². The van der Waals surface area contributed by atoms with Gasteiger partial charge in [-0.05, 0) is 18.3 Å². The SMILES string of the molecule is CCCCS(=O)(=O)N1CCCN(C(=O)CC(C)(C)C)CC1. The first-order chi connectivity index (χ1) is 9.65. The molecule has 1 aliphatic heterocycles. The fourth-order valence-electron chi connectivity index (χ4n) is 2.44. The standard InChI is InChI=1S/C15H30N2O3S/c1-5-6-12-21(19,20)17-9-7-8-16(10-11-17)14(18)13-15(2,3)4/h5-13H2,1-4H3. The van der Waals surface area contributed by atoms with Gasteiger partial charge in [-0.25, -0.2) is 12.7 Å². The molecule has 1 fully saturated rings. The molecule has 0 spiro atoms. The molecule has 0 aliphatic carbocycles. The van der Waals surface area contributed by atoms with Crippen molar-refractivity contribution >= 4 is 15.9 Å². The molecule has 1 aliphatic rings. The van der Waals surface area contributed by atoms with Crippen molar-refractivity contribution in [1.82, 2.24) is 9.21 Å². The number of hydrogen-bond acceptors (Lipinski definition) is 3. The van der Waals surface area contributed by atoms with Gasteiger partial charge in [0.2, 0.25) is 15.9 Å². The van der Waals surface area contributed by atoms with Crippen molar-refractivity contribution in [2.45, 2.75) is 53.4 Å². The smallest absolute Gasteiger partial charge is 0.223 e. The van der Waals surface area contributed by atoms with Crippen LogP contribution in [0.4, 0.5) is 0 Å². The molecule has 0 atom stereocenters. The lowest BCUT2D eigenvalue weighted by molar-refractivity contribution is -0.132. The van der Waals surface area contributed by atoms with Crippen LogP contribution in [0, 0.1) is 5.41 Å².